The fourth-order valence-electron chi connectivity index (χ4n) is 2.90. The fourth-order valence-corrected chi connectivity index (χ4v) is 2.90. The van der Waals surface area contributed by atoms with Crippen LogP contribution in [0.1, 0.15) is 26.3 Å². The molecule has 2 aromatic rings. The van der Waals surface area contributed by atoms with Crippen molar-refractivity contribution in [2.75, 3.05) is 26.7 Å². The maximum Gasteiger partial charge on any atom is 0.314 e. The standard InChI is InChI=1S/C20H21N3O4/c1-27-15-8-6-14(7-9-15)10-11-21-20(26)22-12-13-23-18(24)16-4-2-3-5-17(16)19(23)25/h2-9H,10-13H2,1H3,(H2,21,22,26). The summed E-state index contributed by atoms with van der Waals surface area (Å²) >= 11 is 0. The summed E-state index contributed by atoms with van der Waals surface area (Å²) < 4.78 is 5.10. The first-order chi connectivity index (χ1) is 13.1. The molecule has 1 aliphatic rings. The first-order valence-corrected chi connectivity index (χ1v) is 8.70. The molecular weight excluding hydrogens is 346 g/mol. The van der Waals surface area contributed by atoms with Crippen LogP contribution >= 0.6 is 0 Å². The molecule has 7 nitrogen and oxygen atoms in total. The molecule has 0 saturated carbocycles. The van der Waals surface area contributed by atoms with Gasteiger partial charge in [0, 0.05) is 19.6 Å². The number of carbonyl (C=O) groups excluding carboxylic acids is 3. The molecule has 0 saturated heterocycles. The molecule has 0 spiro atoms. The summed E-state index contributed by atoms with van der Waals surface area (Å²) in [5, 5.41) is 5.42. The molecular formula is C20H21N3O4. The first kappa shape index (κ1) is 18.4. The van der Waals surface area contributed by atoms with E-state index in [4.69, 9.17) is 4.74 Å². The van der Waals surface area contributed by atoms with E-state index in [1.165, 1.54) is 0 Å². The molecule has 0 aromatic heterocycles. The SMILES string of the molecule is COc1ccc(CCNC(=O)NCCN2C(=O)c3ccccc3C2=O)cc1. The molecule has 1 heterocycles. The van der Waals surface area contributed by atoms with Crippen LogP contribution in [0.25, 0.3) is 0 Å². The highest BCUT2D eigenvalue weighted by Crippen LogP contribution is 2.21. The Balaban J connectivity index is 1.38. The maximum atomic E-state index is 12.2. The van der Waals surface area contributed by atoms with Crippen molar-refractivity contribution in [3.8, 4) is 5.75 Å². The van der Waals surface area contributed by atoms with Gasteiger partial charge in [-0.2, -0.15) is 0 Å². The number of nitrogens with zero attached hydrogens (tertiary/aromatic N) is 1. The lowest BCUT2D eigenvalue weighted by Crippen LogP contribution is -2.42. The minimum atomic E-state index is -0.333. The van der Waals surface area contributed by atoms with Crippen molar-refractivity contribution in [2.24, 2.45) is 0 Å². The average molecular weight is 367 g/mol. The van der Waals surface area contributed by atoms with Gasteiger partial charge < -0.3 is 15.4 Å². The van der Waals surface area contributed by atoms with E-state index in [-0.39, 0.29) is 30.9 Å². The summed E-state index contributed by atoms with van der Waals surface area (Å²) in [6.45, 7) is 0.809. The first-order valence-electron chi connectivity index (χ1n) is 8.70. The Morgan fingerprint density at radius 1 is 0.926 bits per heavy atom. The van der Waals surface area contributed by atoms with Crippen LogP contribution in [-0.2, 0) is 6.42 Å². The Kier molecular flexibility index (Phi) is 5.71. The number of amides is 4. The highest BCUT2D eigenvalue weighted by molar-refractivity contribution is 6.21. The van der Waals surface area contributed by atoms with Gasteiger partial charge in [0.25, 0.3) is 11.8 Å². The number of urea groups is 1. The van der Waals surface area contributed by atoms with Crippen LogP contribution in [0.5, 0.6) is 5.75 Å². The van der Waals surface area contributed by atoms with Gasteiger partial charge in [0.1, 0.15) is 5.75 Å². The lowest BCUT2D eigenvalue weighted by molar-refractivity contribution is 0.0656. The number of fused-ring (bicyclic) bond motifs is 1. The van der Waals surface area contributed by atoms with Crippen LogP contribution in [0, 0.1) is 0 Å². The zero-order valence-electron chi connectivity index (χ0n) is 15.0. The van der Waals surface area contributed by atoms with Crippen molar-refractivity contribution < 1.29 is 19.1 Å². The molecule has 0 fully saturated rings. The second-order valence-corrected chi connectivity index (χ2v) is 6.09. The van der Waals surface area contributed by atoms with Crippen LogP contribution in [0.2, 0.25) is 0 Å². The number of methoxy groups -OCH3 is 1. The van der Waals surface area contributed by atoms with Crippen LogP contribution in [0.3, 0.4) is 0 Å². The van der Waals surface area contributed by atoms with Crippen molar-refractivity contribution in [1.82, 2.24) is 15.5 Å². The van der Waals surface area contributed by atoms with Crippen molar-refractivity contribution in [2.45, 2.75) is 6.42 Å². The van der Waals surface area contributed by atoms with E-state index in [1.54, 1.807) is 31.4 Å². The number of carbonyl (C=O) groups is 3. The lowest BCUT2D eigenvalue weighted by Gasteiger charge is -2.14. The number of ether oxygens (including phenoxy) is 1. The van der Waals surface area contributed by atoms with Crippen LogP contribution < -0.4 is 15.4 Å². The second kappa shape index (κ2) is 8.35. The van der Waals surface area contributed by atoms with Gasteiger partial charge in [-0.15, -0.1) is 0 Å². The molecule has 7 heteroatoms. The van der Waals surface area contributed by atoms with Crippen molar-refractivity contribution in [3.63, 3.8) is 0 Å². The lowest BCUT2D eigenvalue weighted by atomic mass is 10.1. The molecule has 0 bridgehead atoms. The average Bonchev–Trinajstić information content (AvgIpc) is 2.94. The predicted octanol–water partition coefficient (Wildman–Crippen LogP) is 1.83. The molecule has 2 N–H and O–H groups in total. The summed E-state index contributed by atoms with van der Waals surface area (Å²) in [6, 6.07) is 14.0. The zero-order chi connectivity index (χ0) is 19.2. The largest absolute Gasteiger partial charge is 0.497 e. The summed E-state index contributed by atoms with van der Waals surface area (Å²) in [5.41, 5.74) is 1.90. The number of rotatable bonds is 7. The topological polar surface area (TPSA) is 87.7 Å². The van der Waals surface area contributed by atoms with Crippen LogP contribution in [0.4, 0.5) is 4.79 Å². The summed E-state index contributed by atoms with van der Waals surface area (Å²) in [6.07, 6.45) is 0.690. The molecule has 0 unspecified atom stereocenters. The van der Waals surface area contributed by atoms with Gasteiger partial charge in [-0.25, -0.2) is 4.79 Å². The Hall–Kier alpha value is -3.35. The third-order valence-electron chi connectivity index (χ3n) is 4.36. The number of benzene rings is 2. The van der Waals surface area contributed by atoms with Crippen molar-refractivity contribution in [1.29, 1.82) is 0 Å². The molecule has 140 valence electrons. The Bertz CT molecular complexity index is 814. The van der Waals surface area contributed by atoms with E-state index in [0.29, 0.717) is 24.1 Å². The monoisotopic (exact) mass is 367 g/mol. The smallest absolute Gasteiger partial charge is 0.314 e. The third kappa shape index (κ3) is 4.25. The number of imide groups is 1. The van der Waals surface area contributed by atoms with Gasteiger partial charge >= 0.3 is 6.03 Å². The van der Waals surface area contributed by atoms with E-state index >= 15 is 0 Å². The van der Waals surface area contributed by atoms with Gasteiger partial charge in [-0.05, 0) is 36.2 Å². The van der Waals surface area contributed by atoms with Gasteiger partial charge in [0.15, 0.2) is 0 Å². The second-order valence-electron chi connectivity index (χ2n) is 6.09. The Morgan fingerprint density at radius 3 is 2.11 bits per heavy atom. The highest BCUT2D eigenvalue weighted by atomic mass is 16.5. The number of nitrogens with one attached hydrogen (secondary N) is 2. The zero-order valence-corrected chi connectivity index (χ0v) is 15.0. The van der Waals surface area contributed by atoms with Crippen molar-refractivity contribution in [3.05, 3.63) is 65.2 Å². The van der Waals surface area contributed by atoms with Gasteiger partial charge in [0.2, 0.25) is 0 Å². The Labute approximate surface area is 157 Å². The summed E-state index contributed by atoms with van der Waals surface area (Å²) in [7, 11) is 1.61. The van der Waals surface area contributed by atoms with E-state index < -0.39 is 0 Å². The normalized spacial score (nSPS) is 12.7. The number of hydrogen-bond acceptors (Lipinski definition) is 4. The van der Waals surface area contributed by atoms with E-state index in [2.05, 4.69) is 10.6 Å². The van der Waals surface area contributed by atoms with Crippen molar-refractivity contribution >= 4 is 17.8 Å². The molecule has 0 radical (unpaired) electrons. The highest BCUT2D eigenvalue weighted by Gasteiger charge is 2.34. The third-order valence-corrected chi connectivity index (χ3v) is 4.36. The maximum absolute atomic E-state index is 12.2. The molecule has 0 atom stereocenters. The van der Waals surface area contributed by atoms with Crippen LogP contribution in [0.15, 0.2) is 48.5 Å². The van der Waals surface area contributed by atoms with E-state index in [0.717, 1.165) is 16.2 Å². The minimum Gasteiger partial charge on any atom is -0.497 e. The molecule has 2 aromatic carbocycles. The Morgan fingerprint density at radius 2 is 1.52 bits per heavy atom. The molecule has 0 aliphatic carbocycles. The minimum absolute atomic E-state index is 0.137. The molecule has 3 rings (SSSR count). The van der Waals surface area contributed by atoms with Gasteiger partial charge in [-0.1, -0.05) is 24.3 Å². The van der Waals surface area contributed by atoms with Gasteiger partial charge in [-0.3, -0.25) is 14.5 Å². The molecule has 1 aliphatic heterocycles. The van der Waals surface area contributed by atoms with Gasteiger partial charge in [0.05, 0.1) is 18.2 Å². The quantitative estimate of drug-likeness (QED) is 0.731. The predicted molar refractivity (Wildman–Crippen MR) is 99.9 cm³/mol. The van der Waals surface area contributed by atoms with Crippen LogP contribution in [-0.4, -0.2) is 49.5 Å². The number of hydrogen-bond donors (Lipinski definition) is 2. The summed E-state index contributed by atoms with van der Waals surface area (Å²) in [4.78, 5) is 37.5. The summed E-state index contributed by atoms with van der Waals surface area (Å²) in [5.74, 6) is 0.146. The fraction of sp³-hybridized carbons (Fsp3) is 0.250. The van der Waals surface area contributed by atoms with E-state index in [9.17, 15) is 14.4 Å². The molecule has 27 heavy (non-hydrogen) atoms. The molecule has 4 amide bonds. The van der Waals surface area contributed by atoms with E-state index in [1.807, 2.05) is 24.3 Å².